The number of fused-ring (bicyclic) bond motifs is 1. The second kappa shape index (κ2) is 5.20. The number of aromatic carboxylic acids is 1. The lowest BCUT2D eigenvalue weighted by molar-refractivity contribution is -0.577. The first-order valence-electron chi connectivity index (χ1n) is 6.91. The van der Waals surface area contributed by atoms with E-state index in [2.05, 4.69) is 0 Å². The summed E-state index contributed by atoms with van der Waals surface area (Å²) >= 11 is 0. The molecular formula is C15H15FN2O3. The lowest BCUT2D eigenvalue weighted by Gasteiger charge is -2.29. The highest BCUT2D eigenvalue weighted by atomic mass is 19.1. The van der Waals surface area contributed by atoms with Gasteiger partial charge in [-0.3, -0.25) is 0 Å². The van der Waals surface area contributed by atoms with Gasteiger partial charge in [0.05, 0.1) is 11.1 Å². The first-order chi connectivity index (χ1) is 10.1. The minimum Gasteiger partial charge on any atom is -0.618 e. The van der Waals surface area contributed by atoms with Gasteiger partial charge < -0.3 is 15.2 Å². The average Bonchev–Trinajstić information content (AvgIpc) is 2.47. The molecule has 0 unspecified atom stereocenters. The lowest BCUT2D eigenvalue weighted by Crippen LogP contribution is -2.32. The van der Waals surface area contributed by atoms with E-state index < -0.39 is 11.8 Å². The van der Waals surface area contributed by atoms with Crippen LogP contribution in [0, 0.1) is 11.0 Å². The summed E-state index contributed by atoms with van der Waals surface area (Å²) in [6.45, 7) is 1.54. The van der Waals surface area contributed by atoms with Crippen molar-refractivity contribution >= 4 is 22.6 Å². The highest BCUT2D eigenvalue weighted by Gasteiger charge is 2.19. The molecule has 2 heterocycles. The van der Waals surface area contributed by atoms with E-state index in [1.807, 2.05) is 4.90 Å². The van der Waals surface area contributed by atoms with Crippen LogP contribution in [0.1, 0.15) is 29.6 Å². The van der Waals surface area contributed by atoms with Crippen LogP contribution >= 0.6 is 0 Å². The Morgan fingerprint density at radius 3 is 2.62 bits per heavy atom. The number of carboxylic acid groups (broad SMARTS) is 1. The minimum absolute atomic E-state index is 0.150. The Morgan fingerprint density at radius 2 is 1.95 bits per heavy atom. The maximum absolute atomic E-state index is 14.3. The summed E-state index contributed by atoms with van der Waals surface area (Å²) in [7, 11) is 0. The standard InChI is InChI=1S/C15H15FN2O3/c16-12-7-10-6-11(15(19)20)9-18(21)13(10)8-14(12)17-4-2-1-3-5-17/h6-9H,1-5H2,(H,19,20). The second-order valence-electron chi connectivity index (χ2n) is 5.27. The van der Waals surface area contributed by atoms with Crippen molar-refractivity contribution in [1.82, 2.24) is 0 Å². The maximum Gasteiger partial charge on any atom is 0.341 e. The monoisotopic (exact) mass is 290 g/mol. The molecule has 2 aromatic rings. The normalized spacial score (nSPS) is 15.4. The molecule has 0 radical (unpaired) electrons. The largest absolute Gasteiger partial charge is 0.618 e. The van der Waals surface area contributed by atoms with Gasteiger partial charge in [-0.05, 0) is 31.4 Å². The molecule has 1 aromatic heterocycles. The van der Waals surface area contributed by atoms with E-state index in [9.17, 15) is 14.4 Å². The number of nitrogens with zero attached hydrogens (tertiary/aromatic N) is 2. The van der Waals surface area contributed by atoms with Crippen molar-refractivity contribution < 1.29 is 19.0 Å². The van der Waals surface area contributed by atoms with E-state index in [0.717, 1.165) is 38.5 Å². The minimum atomic E-state index is -1.21. The van der Waals surface area contributed by atoms with Gasteiger partial charge in [0.15, 0.2) is 6.20 Å². The van der Waals surface area contributed by atoms with Crippen LogP contribution in [-0.2, 0) is 0 Å². The highest BCUT2D eigenvalue weighted by Crippen LogP contribution is 2.27. The molecule has 21 heavy (non-hydrogen) atoms. The number of rotatable bonds is 2. The summed E-state index contributed by atoms with van der Waals surface area (Å²) in [5, 5.41) is 21.2. The first kappa shape index (κ1) is 13.6. The molecule has 0 aliphatic carbocycles. The molecule has 0 atom stereocenters. The molecule has 110 valence electrons. The van der Waals surface area contributed by atoms with Crippen molar-refractivity contribution in [1.29, 1.82) is 0 Å². The van der Waals surface area contributed by atoms with Crippen molar-refractivity contribution in [3.05, 3.63) is 41.0 Å². The van der Waals surface area contributed by atoms with Crippen LogP contribution in [0.25, 0.3) is 10.9 Å². The van der Waals surface area contributed by atoms with Gasteiger partial charge in [-0.25, -0.2) is 9.18 Å². The SMILES string of the molecule is O=C(O)c1cc2cc(F)c(N3CCCCC3)cc2[n+]([O-])c1. The number of halogens is 1. The third-order valence-corrected chi connectivity index (χ3v) is 3.84. The predicted molar refractivity (Wildman–Crippen MR) is 75.9 cm³/mol. The smallest absolute Gasteiger partial charge is 0.341 e. The molecule has 1 aliphatic rings. The molecule has 0 saturated carbocycles. The van der Waals surface area contributed by atoms with Gasteiger partial charge >= 0.3 is 5.97 Å². The molecule has 5 nitrogen and oxygen atoms in total. The van der Waals surface area contributed by atoms with Gasteiger partial charge in [-0.2, -0.15) is 4.73 Å². The first-order valence-corrected chi connectivity index (χ1v) is 6.91. The van der Waals surface area contributed by atoms with Crippen molar-refractivity contribution in [3.8, 4) is 0 Å². The Balaban J connectivity index is 2.12. The molecule has 1 N–H and O–H groups in total. The van der Waals surface area contributed by atoms with Crippen LogP contribution in [-0.4, -0.2) is 24.2 Å². The number of carbonyl (C=O) groups is 1. The number of carboxylic acids is 1. The summed E-state index contributed by atoms with van der Waals surface area (Å²) in [6.07, 6.45) is 4.15. The molecule has 0 amide bonds. The van der Waals surface area contributed by atoms with E-state index in [-0.39, 0.29) is 11.1 Å². The Morgan fingerprint density at radius 1 is 1.24 bits per heavy atom. The molecule has 3 rings (SSSR count). The van der Waals surface area contributed by atoms with Crippen molar-refractivity contribution in [3.63, 3.8) is 0 Å². The summed E-state index contributed by atoms with van der Waals surface area (Å²) in [4.78, 5) is 12.9. The third kappa shape index (κ3) is 2.49. The van der Waals surface area contributed by atoms with E-state index in [1.165, 1.54) is 18.2 Å². The van der Waals surface area contributed by atoms with E-state index in [1.54, 1.807) is 0 Å². The van der Waals surface area contributed by atoms with Crippen LogP contribution in [0.15, 0.2) is 24.4 Å². The molecule has 1 aliphatic heterocycles. The lowest BCUT2D eigenvalue weighted by atomic mass is 10.1. The van der Waals surface area contributed by atoms with Crippen LogP contribution in [0.3, 0.4) is 0 Å². The van der Waals surface area contributed by atoms with Crippen molar-refractivity contribution in [2.45, 2.75) is 19.3 Å². The van der Waals surface area contributed by atoms with Gasteiger partial charge in [0.1, 0.15) is 11.4 Å². The van der Waals surface area contributed by atoms with Gasteiger partial charge in [-0.1, -0.05) is 0 Å². The number of hydrogen-bond donors (Lipinski definition) is 1. The Kier molecular flexibility index (Phi) is 3.37. The van der Waals surface area contributed by atoms with Gasteiger partial charge in [0.2, 0.25) is 5.52 Å². The predicted octanol–water partition coefficient (Wildman–Crippen LogP) is 2.30. The number of benzene rings is 1. The third-order valence-electron chi connectivity index (χ3n) is 3.84. The number of hydrogen-bond acceptors (Lipinski definition) is 3. The second-order valence-corrected chi connectivity index (χ2v) is 5.27. The zero-order chi connectivity index (χ0) is 15.0. The molecule has 6 heteroatoms. The van der Waals surface area contributed by atoms with Crippen LogP contribution in [0.2, 0.25) is 0 Å². The topological polar surface area (TPSA) is 67.5 Å². The van der Waals surface area contributed by atoms with Crippen LogP contribution in [0.4, 0.5) is 10.1 Å². The quantitative estimate of drug-likeness (QED) is 0.680. The fourth-order valence-corrected chi connectivity index (χ4v) is 2.77. The molecule has 0 spiro atoms. The van der Waals surface area contributed by atoms with Gasteiger partial charge in [-0.15, -0.1) is 0 Å². The van der Waals surface area contributed by atoms with Crippen molar-refractivity contribution in [2.75, 3.05) is 18.0 Å². The Labute approximate surface area is 120 Å². The fraction of sp³-hybridized carbons (Fsp3) is 0.333. The number of pyridine rings is 1. The molecule has 1 fully saturated rings. The average molecular weight is 290 g/mol. The van der Waals surface area contributed by atoms with Crippen LogP contribution < -0.4 is 9.63 Å². The van der Waals surface area contributed by atoms with E-state index in [4.69, 9.17) is 5.11 Å². The van der Waals surface area contributed by atoms with Gasteiger partial charge in [0, 0.05) is 19.2 Å². The summed E-state index contributed by atoms with van der Waals surface area (Å²) in [5.74, 6) is -1.63. The number of aromatic nitrogens is 1. The highest BCUT2D eigenvalue weighted by molar-refractivity contribution is 5.92. The number of piperidine rings is 1. The fourth-order valence-electron chi connectivity index (χ4n) is 2.77. The Bertz CT molecular complexity index is 712. The van der Waals surface area contributed by atoms with Gasteiger partial charge in [0.25, 0.3) is 0 Å². The molecule has 0 bridgehead atoms. The van der Waals surface area contributed by atoms with Crippen molar-refractivity contribution in [2.24, 2.45) is 0 Å². The van der Waals surface area contributed by atoms with E-state index >= 15 is 0 Å². The molecular weight excluding hydrogens is 275 g/mol. The molecule has 1 saturated heterocycles. The molecule has 1 aromatic carbocycles. The van der Waals surface area contributed by atoms with Crippen LogP contribution in [0.5, 0.6) is 0 Å². The zero-order valence-electron chi connectivity index (χ0n) is 11.4. The number of anilines is 1. The van der Waals surface area contributed by atoms with E-state index in [0.29, 0.717) is 15.8 Å². The maximum atomic E-state index is 14.3. The summed E-state index contributed by atoms with van der Waals surface area (Å²) in [6, 6.07) is 4.06. The zero-order valence-corrected chi connectivity index (χ0v) is 11.4. The summed E-state index contributed by atoms with van der Waals surface area (Å²) in [5.41, 5.74) is 0.541. The Hall–Kier alpha value is -2.37. The summed E-state index contributed by atoms with van der Waals surface area (Å²) < 4.78 is 14.8.